The first-order chi connectivity index (χ1) is 11.9. The van der Waals surface area contributed by atoms with Crippen LogP contribution in [0.1, 0.15) is 37.7 Å². The molecule has 1 aromatic rings. The summed E-state index contributed by atoms with van der Waals surface area (Å²) in [6, 6.07) is 6.55. The van der Waals surface area contributed by atoms with E-state index in [9.17, 15) is 13.6 Å². The van der Waals surface area contributed by atoms with Gasteiger partial charge in [-0.05, 0) is 44.5 Å². The third-order valence-electron chi connectivity index (χ3n) is 5.19. The molecule has 2 aliphatic rings. The van der Waals surface area contributed by atoms with Crippen LogP contribution in [-0.2, 0) is 0 Å². The number of likely N-dealkylation sites (tertiary alicyclic amines) is 2. The van der Waals surface area contributed by atoms with Crippen molar-refractivity contribution in [2.45, 2.75) is 51.0 Å². The molecule has 1 N–H and O–H groups in total. The first-order valence-electron chi connectivity index (χ1n) is 9.18. The summed E-state index contributed by atoms with van der Waals surface area (Å²) in [5, 5.41) is 2.80. The average molecular weight is 351 g/mol. The van der Waals surface area contributed by atoms with E-state index in [1.165, 1.54) is 17.7 Å². The third-order valence-corrected chi connectivity index (χ3v) is 5.19. The number of benzene rings is 1. The normalized spacial score (nSPS) is 24.1. The zero-order chi connectivity index (χ0) is 17.9. The topological polar surface area (TPSA) is 35.6 Å². The van der Waals surface area contributed by atoms with Gasteiger partial charge in [-0.15, -0.1) is 0 Å². The summed E-state index contributed by atoms with van der Waals surface area (Å²) >= 11 is 0. The number of carbonyl (C=O) groups excluding carboxylic acids is 1. The van der Waals surface area contributed by atoms with Gasteiger partial charge in [0.25, 0.3) is 5.92 Å². The predicted octanol–water partition coefficient (Wildman–Crippen LogP) is 4.11. The molecule has 2 amide bonds. The van der Waals surface area contributed by atoms with Gasteiger partial charge in [0.05, 0.1) is 12.6 Å². The van der Waals surface area contributed by atoms with E-state index < -0.39 is 24.5 Å². The Labute approximate surface area is 148 Å². The van der Waals surface area contributed by atoms with Crippen LogP contribution in [0.3, 0.4) is 0 Å². The minimum absolute atomic E-state index is 0.245. The zero-order valence-corrected chi connectivity index (χ0v) is 14.8. The molecule has 0 aromatic heterocycles. The van der Waals surface area contributed by atoms with E-state index in [-0.39, 0.29) is 6.42 Å². The van der Waals surface area contributed by atoms with E-state index in [1.54, 1.807) is 6.07 Å². The molecule has 4 nitrogen and oxygen atoms in total. The van der Waals surface area contributed by atoms with Gasteiger partial charge in [-0.3, -0.25) is 0 Å². The number of rotatable bonds is 3. The van der Waals surface area contributed by atoms with Gasteiger partial charge in [0.2, 0.25) is 0 Å². The second-order valence-corrected chi connectivity index (χ2v) is 7.30. The minimum Gasteiger partial charge on any atom is -0.314 e. The summed E-state index contributed by atoms with van der Waals surface area (Å²) < 4.78 is 28.0. The number of nitrogens with zero attached hydrogens (tertiary/aromatic N) is 2. The maximum absolute atomic E-state index is 14.0. The number of hydrogen-bond donors (Lipinski definition) is 1. The molecule has 3 rings (SSSR count). The number of halogens is 2. The van der Waals surface area contributed by atoms with E-state index in [4.69, 9.17) is 0 Å². The van der Waals surface area contributed by atoms with Crippen LogP contribution in [0.5, 0.6) is 0 Å². The monoisotopic (exact) mass is 351 g/mol. The van der Waals surface area contributed by atoms with E-state index in [2.05, 4.69) is 10.2 Å². The Morgan fingerprint density at radius 1 is 1.20 bits per heavy atom. The Balaban J connectivity index is 1.68. The van der Waals surface area contributed by atoms with Crippen molar-refractivity contribution in [3.8, 4) is 0 Å². The Kier molecular flexibility index (Phi) is 5.57. The van der Waals surface area contributed by atoms with Crippen molar-refractivity contribution in [2.24, 2.45) is 0 Å². The van der Waals surface area contributed by atoms with E-state index >= 15 is 0 Å². The molecular weight excluding hydrogens is 324 g/mol. The van der Waals surface area contributed by atoms with Crippen molar-refractivity contribution in [1.29, 1.82) is 0 Å². The highest BCUT2D eigenvalue weighted by molar-refractivity contribution is 5.90. The van der Waals surface area contributed by atoms with Crippen LogP contribution in [0.4, 0.5) is 19.3 Å². The van der Waals surface area contributed by atoms with Gasteiger partial charge in [-0.2, -0.15) is 0 Å². The molecule has 2 aliphatic heterocycles. The Morgan fingerprint density at radius 2 is 1.88 bits per heavy atom. The summed E-state index contributed by atoms with van der Waals surface area (Å²) in [6.07, 6.45) is 4.38. The predicted molar refractivity (Wildman–Crippen MR) is 95.2 cm³/mol. The second kappa shape index (κ2) is 7.68. The van der Waals surface area contributed by atoms with Crippen LogP contribution < -0.4 is 5.32 Å². The van der Waals surface area contributed by atoms with E-state index in [1.807, 2.05) is 25.1 Å². The molecule has 2 saturated heterocycles. The number of hydrogen-bond acceptors (Lipinski definition) is 2. The Bertz CT molecular complexity index is 600. The van der Waals surface area contributed by atoms with Crippen molar-refractivity contribution in [3.05, 3.63) is 29.8 Å². The van der Waals surface area contributed by atoms with Crippen LogP contribution >= 0.6 is 0 Å². The smallest absolute Gasteiger partial charge is 0.314 e. The molecule has 138 valence electrons. The lowest BCUT2D eigenvalue weighted by Crippen LogP contribution is -2.45. The fraction of sp³-hybridized carbons (Fsp3) is 0.632. The second-order valence-electron chi connectivity index (χ2n) is 7.30. The van der Waals surface area contributed by atoms with Crippen LogP contribution in [0.25, 0.3) is 0 Å². The molecular formula is C19H27F2N3O. The van der Waals surface area contributed by atoms with Crippen molar-refractivity contribution in [2.75, 3.05) is 31.5 Å². The van der Waals surface area contributed by atoms with Gasteiger partial charge in [0.15, 0.2) is 0 Å². The van der Waals surface area contributed by atoms with Crippen molar-refractivity contribution < 1.29 is 13.6 Å². The number of aryl methyl sites for hydroxylation is 1. The number of amides is 2. The first-order valence-corrected chi connectivity index (χ1v) is 9.18. The zero-order valence-electron chi connectivity index (χ0n) is 14.8. The number of para-hydroxylation sites is 1. The van der Waals surface area contributed by atoms with Gasteiger partial charge < -0.3 is 15.1 Å². The minimum atomic E-state index is -2.81. The van der Waals surface area contributed by atoms with Gasteiger partial charge in [0.1, 0.15) is 0 Å². The maximum Gasteiger partial charge on any atom is 0.322 e. The molecule has 6 heteroatoms. The summed E-state index contributed by atoms with van der Waals surface area (Å²) in [5.41, 5.74) is 1.60. The summed E-state index contributed by atoms with van der Waals surface area (Å²) in [6.45, 7) is 3.81. The highest BCUT2D eigenvalue weighted by atomic mass is 19.3. The molecule has 25 heavy (non-hydrogen) atoms. The van der Waals surface area contributed by atoms with E-state index in [0.29, 0.717) is 12.2 Å². The quantitative estimate of drug-likeness (QED) is 0.889. The molecule has 0 aliphatic carbocycles. The number of nitrogens with one attached hydrogen (secondary N) is 1. The molecule has 0 saturated carbocycles. The first kappa shape index (κ1) is 18.1. The Morgan fingerprint density at radius 3 is 2.56 bits per heavy atom. The Hall–Kier alpha value is -1.69. The SMILES string of the molecule is Cc1ccccc1NC(=O)N1CC(F)(F)C[C@H]1CN1CCCCCC1. The number of carbonyl (C=O) groups is 1. The average Bonchev–Trinajstić information content (AvgIpc) is 2.73. The lowest BCUT2D eigenvalue weighted by atomic mass is 10.1. The molecule has 2 heterocycles. The summed E-state index contributed by atoms with van der Waals surface area (Å²) in [4.78, 5) is 16.2. The fourth-order valence-corrected chi connectivity index (χ4v) is 3.82. The molecule has 1 atom stereocenters. The van der Waals surface area contributed by atoms with Gasteiger partial charge >= 0.3 is 6.03 Å². The molecule has 2 fully saturated rings. The number of urea groups is 1. The number of anilines is 1. The number of alkyl halides is 2. The van der Waals surface area contributed by atoms with Gasteiger partial charge in [-0.1, -0.05) is 31.0 Å². The van der Waals surface area contributed by atoms with Gasteiger partial charge in [0, 0.05) is 18.7 Å². The van der Waals surface area contributed by atoms with Crippen LogP contribution in [0.2, 0.25) is 0 Å². The highest BCUT2D eigenvalue weighted by Crippen LogP contribution is 2.33. The lowest BCUT2D eigenvalue weighted by Gasteiger charge is -2.29. The van der Waals surface area contributed by atoms with Crippen LogP contribution in [0.15, 0.2) is 24.3 Å². The third kappa shape index (κ3) is 4.69. The van der Waals surface area contributed by atoms with E-state index in [0.717, 1.165) is 31.5 Å². The van der Waals surface area contributed by atoms with Crippen LogP contribution in [0, 0.1) is 6.92 Å². The highest BCUT2D eigenvalue weighted by Gasteiger charge is 2.47. The molecule has 0 unspecified atom stereocenters. The lowest BCUT2D eigenvalue weighted by molar-refractivity contribution is 0.0148. The summed E-state index contributed by atoms with van der Waals surface area (Å²) in [7, 11) is 0. The maximum atomic E-state index is 14.0. The van der Waals surface area contributed by atoms with Gasteiger partial charge in [-0.25, -0.2) is 13.6 Å². The summed E-state index contributed by atoms with van der Waals surface area (Å²) in [5.74, 6) is -2.81. The molecule has 0 radical (unpaired) electrons. The fourth-order valence-electron chi connectivity index (χ4n) is 3.82. The molecule has 0 spiro atoms. The van der Waals surface area contributed by atoms with Crippen molar-refractivity contribution >= 4 is 11.7 Å². The van der Waals surface area contributed by atoms with Crippen LogP contribution in [-0.4, -0.2) is 54.0 Å². The standard InChI is InChI=1S/C19H27F2N3O/c1-15-8-4-5-9-17(15)22-18(25)24-14-19(20,21)12-16(24)13-23-10-6-2-3-7-11-23/h4-5,8-9,16H,2-3,6-7,10-14H2,1H3,(H,22,25)/t16-/m0/s1. The van der Waals surface area contributed by atoms with Crippen molar-refractivity contribution in [1.82, 2.24) is 9.80 Å². The van der Waals surface area contributed by atoms with Crippen molar-refractivity contribution in [3.63, 3.8) is 0 Å². The largest absolute Gasteiger partial charge is 0.322 e. The molecule has 1 aromatic carbocycles. The molecule has 0 bridgehead atoms.